The maximum absolute atomic E-state index is 12.1. The molecule has 0 spiro atoms. The van der Waals surface area contributed by atoms with Gasteiger partial charge in [0.2, 0.25) is 10.0 Å². The third kappa shape index (κ3) is 3.90. The van der Waals surface area contributed by atoms with Gasteiger partial charge in [-0.1, -0.05) is 0 Å². The van der Waals surface area contributed by atoms with Gasteiger partial charge < -0.3 is 5.73 Å². The highest BCUT2D eigenvalue weighted by Gasteiger charge is 2.34. The van der Waals surface area contributed by atoms with E-state index in [-0.39, 0.29) is 24.3 Å². The predicted octanol–water partition coefficient (Wildman–Crippen LogP) is -0.826. The standard InChI is InChI=1S/C9H20N2O4S2/c1-11(6-2-5-10)17(14,15)9-3-7-16(12,13)8-4-9/h9H,2-8,10H2,1H3. The molecule has 0 saturated carbocycles. The smallest absolute Gasteiger partial charge is 0.216 e. The van der Waals surface area contributed by atoms with Gasteiger partial charge in [-0.15, -0.1) is 0 Å². The fraction of sp³-hybridized carbons (Fsp3) is 1.00. The summed E-state index contributed by atoms with van der Waals surface area (Å²) >= 11 is 0. The van der Waals surface area contributed by atoms with Gasteiger partial charge in [-0.3, -0.25) is 0 Å². The fourth-order valence-electron chi connectivity index (χ4n) is 1.86. The van der Waals surface area contributed by atoms with Crippen molar-refractivity contribution in [2.24, 2.45) is 5.73 Å². The summed E-state index contributed by atoms with van der Waals surface area (Å²) in [4.78, 5) is 0. The summed E-state index contributed by atoms with van der Waals surface area (Å²) in [5, 5.41) is -0.561. The molecular formula is C9H20N2O4S2. The summed E-state index contributed by atoms with van der Waals surface area (Å²) < 4.78 is 48.0. The van der Waals surface area contributed by atoms with Crippen molar-refractivity contribution in [3.63, 3.8) is 0 Å². The van der Waals surface area contributed by atoms with Gasteiger partial charge in [-0.25, -0.2) is 21.1 Å². The van der Waals surface area contributed by atoms with E-state index in [1.165, 1.54) is 11.4 Å². The first-order valence-electron chi connectivity index (χ1n) is 5.65. The van der Waals surface area contributed by atoms with Crippen LogP contribution >= 0.6 is 0 Å². The maximum atomic E-state index is 12.1. The van der Waals surface area contributed by atoms with Crippen molar-refractivity contribution in [3.05, 3.63) is 0 Å². The molecule has 0 bridgehead atoms. The molecule has 1 saturated heterocycles. The second-order valence-electron chi connectivity index (χ2n) is 4.36. The third-order valence-corrected chi connectivity index (χ3v) is 7.12. The summed E-state index contributed by atoms with van der Waals surface area (Å²) in [7, 11) is -4.87. The number of nitrogens with two attached hydrogens (primary N) is 1. The molecule has 6 nitrogen and oxygen atoms in total. The molecule has 8 heteroatoms. The van der Waals surface area contributed by atoms with Crippen LogP contribution in [0.15, 0.2) is 0 Å². The van der Waals surface area contributed by atoms with Crippen LogP contribution in [0, 0.1) is 0 Å². The molecule has 0 aromatic carbocycles. The van der Waals surface area contributed by atoms with Gasteiger partial charge in [0.15, 0.2) is 0 Å². The van der Waals surface area contributed by atoms with E-state index in [2.05, 4.69) is 0 Å². The minimum atomic E-state index is -3.37. The Hall–Kier alpha value is -0.180. The molecule has 1 rings (SSSR count). The van der Waals surface area contributed by atoms with Crippen LogP contribution in [0.2, 0.25) is 0 Å². The Morgan fingerprint density at radius 3 is 2.29 bits per heavy atom. The molecule has 0 aromatic heterocycles. The van der Waals surface area contributed by atoms with Gasteiger partial charge in [-0.05, 0) is 25.8 Å². The van der Waals surface area contributed by atoms with Crippen molar-refractivity contribution in [1.29, 1.82) is 0 Å². The van der Waals surface area contributed by atoms with E-state index in [1.807, 2.05) is 0 Å². The van der Waals surface area contributed by atoms with E-state index in [0.717, 1.165) is 0 Å². The molecule has 0 unspecified atom stereocenters. The molecule has 1 aliphatic rings. The Morgan fingerprint density at radius 2 is 1.82 bits per heavy atom. The zero-order valence-electron chi connectivity index (χ0n) is 10.0. The van der Waals surface area contributed by atoms with Gasteiger partial charge in [0.25, 0.3) is 0 Å². The van der Waals surface area contributed by atoms with Crippen molar-refractivity contribution < 1.29 is 16.8 Å². The highest BCUT2D eigenvalue weighted by atomic mass is 32.2. The molecular weight excluding hydrogens is 264 g/mol. The summed E-state index contributed by atoms with van der Waals surface area (Å²) in [6.45, 7) is 0.834. The first-order chi connectivity index (χ1) is 7.79. The molecule has 1 heterocycles. The summed E-state index contributed by atoms with van der Waals surface area (Å²) in [6, 6.07) is 0. The van der Waals surface area contributed by atoms with E-state index < -0.39 is 25.1 Å². The van der Waals surface area contributed by atoms with Crippen LogP contribution in [0.3, 0.4) is 0 Å². The molecule has 1 fully saturated rings. The molecule has 0 aromatic rings. The largest absolute Gasteiger partial charge is 0.330 e. The lowest BCUT2D eigenvalue weighted by Crippen LogP contribution is -2.41. The highest BCUT2D eigenvalue weighted by molar-refractivity contribution is 7.92. The lowest BCUT2D eigenvalue weighted by atomic mass is 10.2. The molecule has 102 valence electrons. The lowest BCUT2D eigenvalue weighted by Gasteiger charge is -2.27. The Morgan fingerprint density at radius 1 is 1.29 bits per heavy atom. The van der Waals surface area contributed by atoms with Crippen LogP contribution in [0.4, 0.5) is 0 Å². The van der Waals surface area contributed by atoms with Gasteiger partial charge in [0.05, 0.1) is 16.8 Å². The first-order valence-corrected chi connectivity index (χ1v) is 8.98. The monoisotopic (exact) mass is 284 g/mol. The highest BCUT2D eigenvalue weighted by Crippen LogP contribution is 2.21. The van der Waals surface area contributed by atoms with Crippen molar-refractivity contribution in [2.75, 3.05) is 31.6 Å². The van der Waals surface area contributed by atoms with Gasteiger partial charge in [0, 0.05) is 13.6 Å². The molecule has 1 aliphatic heterocycles. The van der Waals surface area contributed by atoms with E-state index in [9.17, 15) is 16.8 Å². The number of nitrogens with zero attached hydrogens (tertiary/aromatic N) is 1. The summed E-state index contributed by atoms with van der Waals surface area (Å²) in [5.41, 5.74) is 5.33. The number of sulfonamides is 1. The summed E-state index contributed by atoms with van der Waals surface area (Å²) in [5.74, 6) is -0.0523. The van der Waals surface area contributed by atoms with Crippen LogP contribution in [0.5, 0.6) is 0 Å². The topological polar surface area (TPSA) is 97.5 Å². The molecule has 2 N–H and O–H groups in total. The Kier molecular flexibility index (Phi) is 4.94. The van der Waals surface area contributed by atoms with Crippen molar-refractivity contribution in [2.45, 2.75) is 24.5 Å². The minimum Gasteiger partial charge on any atom is -0.330 e. The molecule has 17 heavy (non-hydrogen) atoms. The molecule has 0 amide bonds. The predicted molar refractivity (Wildman–Crippen MR) is 66.9 cm³/mol. The van der Waals surface area contributed by atoms with Gasteiger partial charge in [0.1, 0.15) is 9.84 Å². The average Bonchev–Trinajstić information content (AvgIpc) is 2.25. The van der Waals surface area contributed by atoms with Gasteiger partial charge in [-0.2, -0.15) is 0 Å². The third-order valence-electron chi connectivity index (χ3n) is 3.03. The van der Waals surface area contributed by atoms with E-state index >= 15 is 0 Å². The Labute approximate surface area is 103 Å². The van der Waals surface area contributed by atoms with E-state index in [0.29, 0.717) is 19.5 Å². The maximum Gasteiger partial charge on any atom is 0.216 e. The average molecular weight is 284 g/mol. The van der Waals surface area contributed by atoms with E-state index in [1.54, 1.807) is 0 Å². The second-order valence-corrected chi connectivity index (χ2v) is 8.98. The second kappa shape index (κ2) is 5.64. The SMILES string of the molecule is CN(CCCN)S(=O)(=O)C1CCS(=O)(=O)CC1. The summed E-state index contributed by atoms with van der Waals surface area (Å²) in [6.07, 6.45) is 1.02. The minimum absolute atomic E-state index is 0.0262. The zero-order chi connectivity index (χ0) is 13.1. The zero-order valence-corrected chi connectivity index (χ0v) is 11.6. The lowest BCUT2D eigenvalue weighted by molar-refractivity contribution is 0.447. The van der Waals surface area contributed by atoms with Gasteiger partial charge >= 0.3 is 0 Å². The van der Waals surface area contributed by atoms with Crippen molar-refractivity contribution in [1.82, 2.24) is 4.31 Å². The Balaban J connectivity index is 2.66. The van der Waals surface area contributed by atoms with Crippen LogP contribution in [0.25, 0.3) is 0 Å². The normalized spacial score (nSPS) is 21.8. The van der Waals surface area contributed by atoms with Crippen LogP contribution < -0.4 is 5.73 Å². The molecule has 0 atom stereocenters. The van der Waals surface area contributed by atoms with Crippen LogP contribution in [-0.4, -0.2) is 58.0 Å². The molecule has 0 radical (unpaired) electrons. The van der Waals surface area contributed by atoms with Crippen molar-refractivity contribution >= 4 is 19.9 Å². The van der Waals surface area contributed by atoms with Crippen molar-refractivity contribution in [3.8, 4) is 0 Å². The molecule has 0 aliphatic carbocycles. The number of rotatable bonds is 5. The van der Waals surface area contributed by atoms with Crippen LogP contribution in [0.1, 0.15) is 19.3 Å². The quantitative estimate of drug-likeness (QED) is 0.711. The number of hydrogen-bond acceptors (Lipinski definition) is 5. The Bertz CT molecular complexity index is 430. The number of hydrogen-bond donors (Lipinski definition) is 1. The van der Waals surface area contributed by atoms with E-state index in [4.69, 9.17) is 5.73 Å². The van der Waals surface area contributed by atoms with Crippen LogP contribution in [-0.2, 0) is 19.9 Å². The number of sulfone groups is 1. The first kappa shape index (κ1) is 14.9. The fourth-order valence-corrected chi connectivity index (χ4v) is 5.38.